The Hall–Kier alpha value is -2.17. The minimum atomic E-state index is 0.893. The van der Waals surface area contributed by atoms with E-state index >= 15 is 0 Å². The van der Waals surface area contributed by atoms with Crippen LogP contribution in [-0.2, 0) is 27.3 Å². The van der Waals surface area contributed by atoms with Gasteiger partial charge in [0.2, 0.25) is 0 Å². The summed E-state index contributed by atoms with van der Waals surface area (Å²) in [6.07, 6.45) is 43.4. The van der Waals surface area contributed by atoms with Gasteiger partial charge in [-0.15, -0.1) is 4.79 Å². The van der Waals surface area contributed by atoms with Gasteiger partial charge in [-0.05, 0) is 84.8 Å². The predicted octanol–water partition coefficient (Wildman–Crippen LogP) is 19.5. The molecule has 0 bridgehead atoms. The SMILES string of the molecule is CCCCCCCCCCCCCCCCCCCCCCCCC(C(=C=[N+]=[N-])CCCC)=C(c1cccc(CCCC)c1)c1cccc(CCCCC)c1.C[CH2][Ni][CH2]C. The Kier molecular flexibility index (Phi) is 39.2. The van der Waals surface area contributed by atoms with E-state index in [0.717, 1.165) is 50.5 Å². The summed E-state index contributed by atoms with van der Waals surface area (Å²) < 4.78 is 0. The topological polar surface area (TPSA) is 36.4 Å². The quantitative estimate of drug-likeness (QED) is 0.0161. The van der Waals surface area contributed by atoms with E-state index in [4.69, 9.17) is 0 Å². The van der Waals surface area contributed by atoms with Crippen LogP contribution < -0.4 is 0 Å². The molecule has 0 aliphatic carbocycles. The monoisotopic (exact) mass is 867 g/mol. The van der Waals surface area contributed by atoms with Crippen LogP contribution in [0.15, 0.2) is 59.7 Å². The molecule has 0 aliphatic heterocycles. The van der Waals surface area contributed by atoms with Crippen molar-refractivity contribution in [1.82, 2.24) is 0 Å². The first-order chi connectivity index (χ1) is 29.6. The molecule has 2 rings (SSSR count). The molecular weight excluding hydrogens is 771 g/mol. The maximum absolute atomic E-state index is 9.84. The second kappa shape index (κ2) is 42.1. The minimum absolute atomic E-state index is 0.893. The number of hydrogen-bond donors (Lipinski definition) is 0. The first kappa shape index (κ1) is 55.9. The van der Waals surface area contributed by atoms with Crippen molar-refractivity contribution >= 4 is 11.4 Å². The molecule has 0 saturated heterocycles. The van der Waals surface area contributed by atoms with E-state index in [1.54, 1.807) is 0 Å². The second-order valence-electron chi connectivity index (χ2n) is 17.4. The van der Waals surface area contributed by atoms with Gasteiger partial charge in [-0.1, -0.05) is 237 Å². The zero-order valence-corrected chi connectivity index (χ0v) is 41.6. The van der Waals surface area contributed by atoms with Crippen LogP contribution in [-0.4, -0.2) is 10.7 Å². The van der Waals surface area contributed by atoms with Crippen molar-refractivity contribution in [3.05, 3.63) is 87.5 Å². The molecule has 0 aromatic heterocycles. The molecule has 0 saturated carbocycles. The van der Waals surface area contributed by atoms with Crippen LogP contribution in [0.2, 0.25) is 10.8 Å². The van der Waals surface area contributed by atoms with Gasteiger partial charge >= 0.3 is 44.9 Å². The van der Waals surface area contributed by atoms with Gasteiger partial charge < -0.3 is 5.53 Å². The third-order valence-electron chi connectivity index (χ3n) is 12.0. The van der Waals surface area contributed by atoms with Gasteiger partial charge in [-0.25, -0.2) is 0 Å². The second-order valence-corrected chi connectivity index (χ2v) is 19.3. The molecule has 0 atom stereocenters. The van der Waals surface area contributed by atoms with Crippen LogP contribution in [0.1, 0.15) is 263 Å². The normalized spacial score (nSPS) is 11.5. The molecule has 0 heterocycles. The Bertz CT molecular complexity index is 1390. The van der Waals surface area contributed by atoms with Gasteiger partial charge in [0.25, 0.3) is 0 Å². The molecule has 0 aliphatic rings. The standard InChI is InChI=1S/C53H86N2.2C2H5.Ni/c1-5-9-13-14-15-16-17-18-19-20-21-22-23-24-25-26-27-28-29-30-31-33-43-52(51(46-55-54)40-12-8-4)53(49-41-34-38-47(44-49)36-11-7-3)50-42-35-39-48(45-50)37-32-10-6-2;2*1-2;/h34-35,38-39,41-42,44-45H,5-33,36-37,40,43H2,1-4H3;2*1H2,2H3;. The Balaban J connectivity index is 0.00000338. The van der Waals surface area contributed by atoms with Gasteiger partial charge in [0, 0.05) is 0 Å². The molecule has 0 N–H and O–H groups in total. The van der Waals surface area contributed by atoms with Crippen molar-refractivity contribution < 1.29 is 19.2 Å². The fraction of sp³-hybridized carbons (Fsp3) is 0.719. The number of rotatable bonds is 38. The Morgan fingerprint density at radius 2 is 0.833 bits per heavy atom. The fourth-order valence-corrected chi connectivity index (χ4v) is 8.92. The van der Waals surface area contributed by atoms with Gasteiger partial charge in [0.05, 0.1) is 5.57 Å². The summed E-state index contributed by atoms with van der Waals surface area (Å²) >= 11 is 1.82. The van der Waals surface area contributed by atoms with Crippen LogP contribution in [0.25, 0.3) is 11.1 Å². The summed E-state index contributed by atoms with van der Waals surface area (Å²) in [6, 6.07) is 18.6. The molecule has 0 unspecified atom stereocenters. The third kappa shape index (κ3) is 29.2. The van der Waals surface area contributed by atoms with Crippen LogP contribution in [0.5, 0.6) is 0 Å². The van der Waals surface area contributed by atoms with Crippen molar-refractivity contribution in [3.63, 3.8) is 0 Å². The van der Waals surface area contributed by atoms with E-state index in [1.807, 2.05) is 14.4 Å². The van der Waals surface area contributed by atoms with E-state index in [9.17, 15) is 5.53 Å². The Morgan fingerprint density at radius 1 is 0.450 bits per heavy atom. The number of benzene rings is 2. The van der Waals surface area contributed by atoms with Crippen molar-refractivity contribution in [2.24, 2.45) is 0 Å². The summed E-state index contributed by atoms with van der Waals surface area (Å²) in [6.45, 7) is 13.5. The maximum atomic E-state index is 9.84. The molecule has 2 nitrogen and oxygen atoms in total. The van der Waals surface area contributed by atoms with Crippen molar-refractivity contribution in [2.45, 2.75) is 264 Å². The molecular formula is C57H96N2Ni. The van der Waals surface area contributed by atoms with E-state index in [2.05, 4.69) is 101 Å². The molecule has 2 aromatic carbocycles. The Morgan fingerprint density at radius 3 is 1.22 bits per heavy atom. The van der Waals surface area contributed by atoms with Crippen LogP contribution in [0.4, 0.5) is 0 Å². The average molecular weight is 868 g/mol. The Labute approximate surface area is 380 Å². The molecule has 0 amide bonds. The number of aryl methyl sites for hydroxylation is 2. The summed E-state index contributed by atoms with van der Waals surface area (Å²) in [7, 11) is 0. The molecule has 60 heavy (non-hydrogen) atoms. The van der Waals surface area contributed by atoms with Crippen molar-refractivity contribution in [2.75, 3.05) is 0 Å². The zero-order valence-electron chi connectivity index (χ0n) is 40.6. The van der Waals surface area contributed by atoms with Crippen LogP contribution in [0, 0.1) is 0 Å². The molecule has 3 heteroatoms. The third-order valence-corrected chi connectivity index (χ3v) is 13.0. The van der Waals surface area contributed by atoms with Crippen molar-refractivity contribution in [3.8, 4) is 0 Å². The van der Waals surface area contributed by atoms with E-state index in [1.165, 1.54) is 211 Å². The van der Waals surface area contributed by atoms with E-state index < -0.39 is 0 Å². The van der Waals surface area contributed by atoms with Crippen LogP contribution in [0.3, 0.4) is 0 Å². The fourth-order valence-electron chi connectivity index (χ4n) is 8.42. The summed E-state index contributed by atoms with van der Waals surface area (Å²) in [5.74, 6) is 3.10. The molecule has 344 valence electrons. The van der Waals surface area contributed by atoms with E-state index in [-0.39, 0.29) is 0 Å². The first-order valence-electron chi connectivity index (χ1n) is 25.9. The van der Waals surface area contributed by atoms with Crippen LogP contribution >= 0.6 is 0 Å². The predicted molar refractivity (Wildman–Crippen MR) is 265 cm³/mol. The van der Waals surface area contributed by atoms with Gasteiger partial charge in [-0.2, -0.15) is 0 Å². The molecule has 0 fully saturated rings. The first-order valence-corrected chi connectivity index (χ1v) is 27.3. The average Bonchev–Trinajstić information content (AvgIpc) is 3.26. The van der Waals surface area contributed by atoms with Gasteiger partial charge in [0.15, 0.2) is 0 Å². The van der Waals surface area contributed by atoms with Gasteiger partial charge in [0.1, 0.15) is 0 Å². The number of allylic oxidation sites excluding steroid dienone is 2. The van der Waals surface area contributed by atoms with E-state index in [0.29, 0.717) is 0 Å². The zero-order chi connectivity index (χ0) is 43.6. The molecule has 0 spiro atoms. The summed E-state index contributed by atoms with van der Waals surface area (Å²) in [5, 5.41) is 2.56. The number of nitrogens with zero attached hydrogens (tertiary/aromatic N) is 2. The number of hydrogen-bond acceptors (Lipinski definition) is 0. The van der Waals surface area contributed by atoms with Gasteiger partial charge in [-0.3, -0.25) is 0 Å². The molecule has 2 aromatic rings. The summed E-state index contributed by atoms with van der Waals surface area (Å²) in [4.78, 5) is 3.52. The number of unbranched alkanes of at least 4 members (excludes halogenated alkanes) is 25. The summed E-state index contributed by atoms with van der Waals surface area (Å²) in [5.41, 5.74) is 19.0. The molecule has 0 radical (unpaired) electrons. The van der Waals surface area contributed by atoms with Crippen molar-refractivity contribution in [1.29, 1.82) is 0 Å².